The van der Waals surface area contributed by atoms with Gasteiger partial charge in [0.25, 0.3) is 5.91 Å². The summed E-state index contributed by atoms with van der Waals surface area (Å²) in [7, 11) is 0. The van der Waals surface area contributed by atoms with Crippen LogP contribution in [0.15, 0.2) is 24.3 Å². The zero-order valence-corrected chi connectivity index (χ0v) is 13.7. The van der Waals surface area contributed by atoms with Gasteiger partial charge in [-0.05, 0) is 57.0 Å². The molecule has 5 nitrogen and oxygen atoms in total. The number of fused-ring (bicyclic) bond motifs is 1. The minimum Gasteiger partial charge on any atom is -0.449 e. The van der Waals surface area contributed by atoms with E-state index in [4.69, 9.17) is 4.74 Å². The van der Waals surface area contributed by atoms with Crippen LogP contribution >= 0.6 is 0 Å². The molecule has 1 aromatic carbocycles. The molecule has 0 saturated carbocycles. The van der Waals surface area contributed by atoms with Crippen LogP contribution in [0.1, 0.15) is 42.5 Å². The standard InChI is InChI=1S/C18H23FN2O3/c19-15-7-3-5-13(11-15)17(22)20-18(23)24-12-14-6-4-10-21-9-2-1-8-16(14)21/h3,5,7,11,14,16H,1-2,4,6,8-10,12H2,(H,20,22,23)/t14-,16-/m1/s1. The first-order valence-electron chi connectivity index (χ1n) is 8.61. The lowest BCUT2D eigenvalue weighted by Crippen LogP contribution is -2.49. The van der Waals surface area contributed by atoms with Crippen molar-refractivity contribution in [2.45, 2.75) is 38.1 Å². The Labute approximate surface area is 141 Å². The molecule has 130 valence electrons. The van der Waals surface area contributed by atoms with Gasteiger partial charge in [0.05, 0.1) is 6.61 Å². The summed E-state index contributed by atoms with van der Waals surface area (Å²) in [6.07, 6.45) is 5.02. The number of nitrogens with zero attached hydrogens (tertiary/aromatic N) is 1. The molecule has 0 radical (unpaired) electrons. The monoisotopic (exact) mass is 334 g/mol. The number of halogens is 1. The van der Waals surface area contributed by atoms with Crippen molar-refractivity contribution in [3.8, 4) is 0 Å². The average Bonchev–Trinajstić information content (AvgIpc) is 2.60. The second-order valence-corrected chi connectivity index (χ2v) is 6.56. The number of nitrogens with one attached hydrogen (secondary N) is 1. The van der Waals surface area contributed by atoms with Crippen molar-refractivity contribution in [1.29, 1.82) is 0 Å². The van der Waals surface area contributed by atoms with Crippen molar-refractivity contribution in [3.05, 3.63) is 35.6 Å². The van der Waals surface area contributed by atoms with Crippen LogP contribution in [-0.2, 0) is 4.74 Å². The van der Waals surface area contributed by atoms with Crippen LogP contribution in [0.3, 0.4) is 0 Å². The molecule has 1 aromatic rings. The van der Waals surface area contributed by atoms with E-state index in [9.17, 15) is 14.0 Å². The van der Waals surface area contributed by atoms with E-state index in [0.29, 0.717) is 18.6 Å². The molecule has 6 heteroatoms. The highest BCUT2D eigenvalue weighted by molar-refractivity contribution is 6.02. The third-order valence-electron chi connectivity index (χ3n) is 4.96. The lowest BCUT2D eigenvalue weighted by Gasteiger charge is -2.44. The highest BCUT2D eigenvalue weighted by Crippen LogP contribution is 2.30. The van der Waals surface area contributed by atoms with Crippen molar-refractivity contribution in [2.75, 3.05) is 19.7 Å². The second kappa shape index (κ2) is 7.75. The number of hydrogen-bond donors (Lipinski definition) is 1. The van der Waals surface area contributed by atoms with Crippen LogP contribution in [-0.4, -0.2) is 42.6 Å². The number of carbonyl (C=O) groups is 2. The number of benzene rings is 1. The maximum absolute atomic E-state index is 13.1. The molecular formula is C18H23FN2O3. The third-order valence-corrected chi connectivity index (χ3v) is 4.96. The van der Waals surface area contributed by atoms with Crippen LogP contribution in [0.25, 0.3) is 0 Å². The molecule has 0 unspecified atom stereocenters. The summed E-state index contributed by atoms with van der Waals surface area (Å²) in [5.41, 5.74) is 0.100. The Morgan fingerprint density at radius 2 is 2.04 bits per heavy atom. The fourth-order valence-electron chi connectivity index (χ4n) is 3.78. The van der Waals surface area contributed by atoms with Gasteiger partial charge in [-0.15, -0.1) is 0 Å². The molecule has 0 aliphatic carbocycles. The Morgan fingerprint density at radius 1 is 1.21 bits per heavy atom. The van der Waals surface area contributed by atoms with Gasteiger partial charge in [0.15, 0.2) is 0 Å². The highest BCUT2D eigenvalue weighted by Gasteiger charge is 2.33. The van der Waals surface area contributed by atoms with E-state index in [1.807, 2.05) is 0 Å². The zero-order chi connectivity index (χ0) is 16.9. The number of carbonyl (C=O) groups excluding carboxylic acids is 2. The van der Waals surface area contributed by atoms with Crippen molar-refractivity contribution < 1.29 is 18.7 Å². The molecule has 2 aliphatic rings. The predicted molar refractivity (Wildman–Crippen MR) is 87.2 cm³/mol. The van der Waals surface area contributed by atoms with Crippen molar-refractivity contribution >= 4 is 12.0 Å². The summed E-state index contributed by atoms with van der Waals surface area (Å²) in [4.78, 5) is 26.2. The number of imide groups is 1. The minimum atomic E-state index is -0.766. The summed E-state index contributed by atoms with van der Waals surface area (Å²) in [5.74, 6) is -0.841. The molecule has 2 fully saturated rings. The maximum atomic E-state index is 13.1. The van der Waals surface area contributed by atoms with E-state index in [-0.39, 0.29) is 5.56 Å². The van der Waals surface area contributed by atoms with Gasteiger partial charge in [-0.25, -0.2) is 9.18 Å². The molecule has 1 N–H and O–H groups in total. The molecule has 0 aromatic heterocycles. The lowest BCUT2D eigenvalue weighted by molar-refractivity contribution is 0.0235. The smallest absolute Gasteiger partial charge is 0.414 e. The van der Waals surface area contributed by atoms with Crippen LogP contribution in [0, 0.1) is 11.7 Å². The molecule has 2 saturated heterocycles. The van der Waals surface area contributed by atoms with Gasteiger partial charge in [-0.3, -0.25) is 15.0 Å². The molecule has 2 amide bonds. The molecule has 2 aliphatic heterocycles. The first kappa shape index (κ1) is 16.9. The van der Waals surface area contributed by atoms with Crippen LogP contribution in [0.4, 0.5) is 9.18 Å². The zero-order valence-electron chi connectivity index (χ0n) is 13.7. The van der Waals surface area contributed by atoms with Crippen molar-refractivity contribution in [2.24, 2.45) is 5.92 Å². The third kappa shape index (κ3) is 4.12. The average molecular weight is 334 g/mol. The fourth-order valence-corrected chi connectivity index (χ4v) is 3.78. The maximum Gasteiger partial charge on any atom is 0.414 e. The Balaban J connectivity index is 1.49. The molecule has 3 rings (SSSR count). The second-order valence-electron chi connectivity index (χ2n) is 6.56. The number of hydrogen-bond acceptors (Lipinski definition) is 4. The van der Waals surface area contributed by atoms with E-state index in [1.54, 1.807) is 0 Å². The predicted octanol–water partition coefficient (Wildman–Crippen LogP) is 2.96. The van der Waals surface area contributed by atoms with Gasteiger partial charge in [0, 0.05) is 17.5 Å². The Kier molecular flexibility index (Phi) is 5.45. The van der Waals surface area contributed by atoms with Gasteiger partial charge in [0.2, 0.25) is 0 Å². The quantitative estimate of drug-likeness (QED) is 0.923. The summed E-state index contributed by atoms with van der Waals surface area (Å²) in [6, 6.07) is 5.69. The molecule has 0 bridgehead atoms. The summed E-state index contributed by atoms with van der Waals surface area (Å²) < 4.78 is 18.4. The number of piperidine rings is 2. The largest absolute Gasteiger partial charge is 0.449 e. The summed E-state index contributed by atoms with van der Waals surface area (Å²) in [6.45, 7) is 2.58. The van der Waals surface area contributed by atoms with Gasteiger partial charge in [-0.2, -0.15) is 0 Å². The first-order valence-corrected chi connectivity index (χ1v) is 8.61. The molecule has 24 heavy (non-hydrogen) atoms. The number of amides is 2. The molecule has 2 atom stereocenters. The molecule has 2 heterocycles. The van der Waals surface area contributed by atoms with Gasteiger partial charge >= 0.3 is 6.09 Å². The SMILES string of the molecule is O=C(NC(=O)c1cccc(F)c1)OC[C@H]1CCCN2CCCC[C@H]12. The molecule has 0 spiro atoms. The van der Waals surface area contributed by atoms with Crippen LogP contribution in [0.5, 0.6) is 0 Å². The van der Waals surface area contributed by atoms with E-state index in [1.165, 1.54) is 31.0 Å². The topological polar surface area (TPSA) is 58.6 Å². The normalized spacial score (nSPS) is 24.0. The van der Waals surface area contributed by atoms with Crippen LogP contribution in [0.2, 0.25) is 0 Å². The van der Waals surface area contributed by atoms with Gasteiger partial charge in [-0.1, -0.05) is 12.5 Å². The number of rotatable bonds is 3. The lowest BCUT2D eigenvalue weighted by atomic mass is 9.84. The highest BCUT2D eigenvalue weighted by atomic mass is 19.1. The van der Waals surface area contributed by atoms with Gasteiger partial charge < -0.3 is 4.74 Å². The van der Waals surface area contributed by atoms with E-state index in [2.05, 4.69) is 10.2 Å². The van der Waals surface area contributed by atoms with Crippen molar-refractivity contribution in [1.82, 2.24) is 10.2 Å². The Hall–Kier alpha value is -1.95. The fraction of sp³-hybridized carbons (Fsp3) is 0.556. The van der Waals surface area contributed by atoms with E-state index < -0.39 is 17.8 Å². The Bertz CT molecular complexity index is 606. The number of ether oxygens (including phenoxy) is 1. The van der Waals surface area contributed by atoms with Crippen LogP contribution < -0.4 is 5.32 Å². The van der Waals surface area contributed by atoms with E-state index in [0.717, 1.165) is 38.4 Å². The van der Waals surface area contributed by atoms with Crippen molar-refractivity contribution in [3.63, 3.8) is 0 Å². The Morgan fingerprint density at radius 3 is 2.88 bits per heavy atom. The van der Waals surface area contributed by atoms with Gasteiger partial charge in [0.1, 0.15) is 5.82 Å². The molecular weight excluding hydrogens is 311 g/mol. The number of alkyl carbamates (subject to hydrolysis) is 1. The minimum absolute atomic E-state index is 0.100. The summed E-state index contributed by atoms with van der Waals surface area (Å²) >= 11 is 0. The van der Waals surface area contributed by atoms with E-state index >= 15 is 0 Å². The first-order chi connectivity index (χ1) is 11.6. The summed E-state index contributed by atoms with van der Waals surface area (Å²) in [5, 5.41) is 2.15.